The number of fused-ring (bicyclic) bond motifs is 3. The molecule has 0 bridgehead atoms. The number of rotatable bonds is 3. The van der Waals surface area contributed by atoms with E-state index < -0.39 is 5.97 Å². The Morgan fingerprint density at radius 2 is 1.81 bits per heavy atom. The largest absolute Gasteiger partial charge is 0.423 e. The van der Waals surface area contributed by atoms with Crippen LogP contribution in [-0.2, 0) is 0 Å². The molecule has 0 spiro atoms. The van der Waals surface area contributed by atoms with Gasteiger partial charge in [0.2, 0.25) is 0 Å². The molecule has 0 aliphatic rings. The molecule has 152 valence electrons. The van der Waals surface area contributed by atoms with E-state index in [-0.39, 0.29) is 16.1 Å². The van der Waals surface area contributed by atoms with Crippen molar-refractivity contribution in [3.8, 4) is 5.75 Å². The summed E-state index contributed by atoms with van der Waals surface area (Å²) < 4.78 is 7.58. The van der Waals surface area contributed by atoms with E-state index in [1.165, 1.54) is 23.5 Å². The third-order valence-corrected chi connectivity index (χ3v) is 6.20. The fourth-order valence-electron chi connectivity index (χ4n) is 3.21. The van der Waals surface area contributed by atoms with Crippen molar-refractivity contribution in [2.45, 2.75) is 0 Å². The van der Waals surface area contributed by atoms with Crippen LogP contribution < -0.4 is 14.8 Å². The summed E-state index contributed by atoms with van der Waals surface area (Å²) in [5.41, 5.74) is 2.51. The number of ether oxygens (including phenoxy) is 1. The van der Waals surface area contributed by atoms with E-state index >= 15 is 0 Å². The molecule has 0 saturated carbocycles. The molecular weight excluding hydrogens is 455 g/mol. The molecule has 2 heterocycles. The molecule has 0 saturated heterocycles. The maximum atomic E-state index is 12.8. The summed E-state index contributed by atoms with van der Waals surface area (Å²) in [6.07, 6.45) is 1.79. The van der Waals surface area contributed by atoms with E-state index in [0.29, 0.717) is 20.3 Å². The summed E-state index contributed by atoms with van der Waals surface area (Å²) in [4.78, 5) is 30.3. The van der Waals surface area contributed by atoms with Crippen molar-refractivity contribution in [3.05, 3.63) is 103 Å². The first-order valence-electron chi connectivity index (χ1n) is 9.18. The summed E-state index contributed by atoms with van der Waals surface area (Å²) >= 11 is 13.2. The Morgan fingerprint density at radius 3 is 2.58 bits per heavy atom. The molecule has 0 atom stereocenters. The topological polar surface area (TPSA) is 60.7 Å². The van der Waals surface area contributed by atoms with Gasteiger partial charge < -0.3 is 4.74 Å². The molecule has 0 aliphatic heterocycles. The zero-order chi connectivity index (χ0) is 21.5. The van der Waals surface area contributed by atoms with E-state index in [0.717, 1.165) is 16.6 Å². The Kier molecular flexibility index (Phi) is 4.98. The molecule has 0 fully saturated rings. The van der Waals surface area contributed by atoms with Crippen LogP contribution in [0, 0.1) is 0 Å². The highest BCUT2D eigenvalue weighted by Crippen LogP contribution is 2.23. The number of esters is 1. The normalized spacial score (nSPS) is 12.0. The van der Waals surface area contributed by atoms with Gasteiger partial charge in [0.15, 0.2) is 4.96 Å². The number of para-hydroxylation sites is 2. The van der Waals surface area contributed by atoms with Gasteiger partial charge in [-0.05, 0) is 54.1 Å². The highest BCUT2D eigenvalue weighted by atomic mass is 35.5. The first-order chi connectivity index (χ1) is 15.0. The van der Waals surface area contributed by atoms with Gasteiger partial charge in [-0.1, -0.05) is 58.8 Å². The number of nitrogens with zero attached hydrogens (tertiary/aromatic N) is 2. The van der Waals surface area contributed by atoms with Gasteiger partial charge in [0.1, 0.15) is 5.75 Å². The standard InChI is InChI=1S/C23H12Cl2N2O3S/c24-14-7-10-16(17(25)12-14)22(29)30-15-8-5-13(6-9-15)11-20-21(28)27-19-4-2-1-3-18(19)26-23(27)31-20/h1-12H/b20-11+. The van der Waals surface area contributed by atoms with Gasteiger partial charge in [0, 0.05) is 5.02 Å². The van der Waals surface area contributed by atoms with Gasteiger partial charge >= 0.3 is 5.97 Å². The zero-order valence-electron chi connectivity index (χ0n) is 15.7. The molecule has 5 nitrogen and oxygen atoms in total. The van der Waals surface area contributed by atoms with E-state index in [4.69, 9.17) is 27.9 Å². The lowest BCUT2D eigenvalue weighted by Crippen LogP contribution is -2.22. The SMILES string of the molecule is O=C(Oc1ccc(/C=c2/sc3nc4ccccc4n3c2=O)cc1)c1ccc(Cl)cc1Cl. The maximum absolute atomic E-state index is 12.8. The molecule has 0 radical (unpaired) electrons. The zero-order valence-corrected chi connectivity index (χ0v) is 18.0. The molecule has 0 aliphatic carbocycles. The number of imidazole rings is 1. The molecule has 0 amide bonds. The average molecular weight is 467 g/mol. The quantitative estimate of drug-likeness (QED) is 0.277. The highest BCUT2D eigenvalue weighted by Gasteiger charge is 2.14. The first kappa shape index (κ1) is 19.8. The fourth-order valence-corrected chi connectivity index (χ4v) is 4.68. The number of carbonyl (C=O) groups is 1. The molecule has 5 aromatic rings. The maximum Gasteiger partial charge on any atom is 0.345 e. The molecule has 2 aromatic heterocycles. The summed E-state index contributed by atoms with van der Waals surface area (Å²) in [7, 11) is 0. The lowest BCUT2D eigenvalue weighted by Gasteiger charge is -2.06. The number of halogens is 2. The van der Waals surface area contributed by atoms with Gasteiger partial charge in [-0.2, -0.15) is 0 Å². The van der Waals surface area contributed by atoms with Gasteiger partial charge in [0.05, 0.1) is 26.2 Å². The van der Waals surface area contributed by atoms with E-state index in [1.807, 2.05) is 24.3 Å². The number of aromatic nitrogens is 2. The van der Waals surface area contributed by atoms with Crippen molar-refractivity contribution < 1.29 is 9.53 Å². The number of thiazole rings is 1. The summed E-state index contributed by atoms with van der Waals surface area (Å²) in [6.45, 7) is 0. The van der Waals surface area contributed by atoms with Crippen molar-refractivity contribution in [2.75, 3.05) is 0 Å². The predicted molar refractivity (Wildman–Crippen MR) is 123 cm³/mol. The van der Waals surface area contributed by atoms with Crippen LogP contribution in [-0.4, -0.2) is 15.4 Å². The number of hydrogen-bond donors (Lipinski definition) is 0. The second-order valence-corrected chi connectivity index (χ2v) is 8.57. The molecular formula is C23H12Cl2N2O3S. The van der Waals surface area contributed by atoms with Crippen LogP contribution in [0.3, 0.4) is 0 Å². The van der Waals surface area contributed by atoms with Gasteiger partial charge in [0.25, 0.3) is 5.56 Å². The van der Waals surface area contributed by atoms with Crippen LogP contribution >= 0.6 is 34.5 Å². The van der Waals surface area contributed by atoms with E-state index in [2.05, 4.69) is 4.98 Å². The second-order valence-electron chi connectivity index (χ2n) is 6.72. The smallest absolute Gasteiger partial charge is 0.345 e. The van der Waals surface area contributed by atoms with Crippen molar-refractivity contribution in [2.24, 2.45) is 0 Å². The Hall–Kier alpha value is -3.19. The Bertz CT molecular complexity index is 1570. The van der Waals surface area contributed by atoms with Gasteiger partial charge in [-0.25, -0.2) is 14.2 Å². The van der Waals surface area contributed by atoms with E-state index in [9.17, 15) is 9.59 Å². The first-order valence-corrected chi connectivity index (χ1v) is 10.8. The molecule has 0 N–H and O–H groups in total. The van der Waals surface area contributed by atoms with Crippen LogP contribution in [0.5, 0.6) is 5.75 Å². The molecule has 3 aromatic carbocycles. The van der Waals surface area contributed by atoms with Crippen LogP contribution in [0.1, 0.15) is 15.9 Å². The molecule has 31 heavy (non-hydrogen) atoms. The molecule has 0 unspecified atom stereocenters. The van der Waals surface area contributed by atoms with Crippen molar-refractivity contribution >= 4 is 62.6 Å². The molecule has 8 heteroatoms. The minimum atomic E-state index is -0.577. The highest BCUT2D eigenvalue weighted by molar-refractivity contribution is 7.15. The third kappa shape index (κ3) is 3.70. The lowest BCUT2D eigenvalue weighted by atomic mass is 10.2. The van der Waals surface area contributed by atoms with Crippen LogP contribution in [0.25, 0.3) is 22.1 Å². The van der Waals surface area contributed by atoms with Crippen LogP contribution in [0.2, 0.25) is 10.0 Å². The van der Waals surface area contributed by atoms with Gasteiger partial charge in [-0.15, -0.1) is 0 Å². The summed E-state index contributed by atoms with van der Waals surface area (Å²) in [5, 5.41) is 0.661. The second kappa shape index (κ2) is 7.81. The average Bonchev–Trinajstić information content (AvgIpc) is 3.25. The van der Waals surface area contributed by atoms with Crippen molar-refractivity contribution in [1.29, 1.82) is 0 Å². The minimum absolute atomic E-state index is 0.110. The van der Waals surface area contributed by atoms with E-state index in [1.54, 1.807) is 40.8 Å². The number of hydrogen-bond acceptors (Lipinski definition) is 5. The Labute approximate surface area is 189 Å². The van der Waals surface area contributed by atoms with Crippen molar-refractivity contribution in [1.82, 2.24) is 9.38 Å². The summed E-state index contributed by atoms with van der Waals surface area (Å²) in [5.74, 6) is -0.214. The predicted octanol–water partition coefficient (Wildman–Crippen LogP) is 4.98. The monoisotopic (exact) mass is 466 g/mol. The number of benzene rings is 3. The Morgan fingerprint density at radius 1 is 1.03 bits per heavy atom. The van der Waals surface area contributed by atoms with Crippen molar-refractivity contribution in [3.63, 3.8) is 0 Å². The van der Waals surface area contributed by atoms with Gasteiger partial charge in [-0.3, -0.25) is 4.79 Å². The fraction of sp³-hybridized carbons (Fsp3) is 0. The van der Waals surface area contributed by atoms with Crippen LogP contribution in [0.15, 0.2) is 71.5 Å². The number of carbonyl (C=O) groups excluding carboxylic acids is 1. The molecule has 5 rings (SSSR count). The summed E-state index contributed by atoms with van der Waals surface area (Å²) in [6, 6.07) is 19.0. The minimum Gasteiger partial charge on any atom is -0.423 e. The lowest BCUT2D eigenvalue weighted by molar-refractivity contribution is 0.0735. The Balaban J connectivity index is 1.42. The third-order valence-electron chi connectivity index (χ3n) is 4.68. The van der Waals surface area contributed by atoms with Crippen LogP contribution in [0.4, 0.5) is 0 Å².